The highest BCUT2D eigenvalue weighted by Crippen LogP contribution is 2.24. The second-order valence-corrected chi connectivity index (χ2v) is 3.57. The van der Waals surface area contributed by atoms with Crippen LogP contribution in [0.4, 0.5) is 11.4 Å². The number of hydrogen-bond acceptors (Lipinski definition) is 3. The molecule has 0 spiro atoms. The summed E-state index contributed by atoms with van der Waals surface area (Å²) < 4.78 is 0. The first-order valence-electron chi connectivity index (χ1n) is 4.75. The van der Waals surface area contributed by atoms with Crippen molar-refractivity contribution in [3.05, 3.63) is 42.1 Å². The molecule has 3 nitrogen and oxygen atoms in total. The molecule has 2 aromatic rings. The third-order valence-electron chi connectivity index (χ3n) is 2.26. The van der Waals surface area contributed by atoms with Gasteiger partial charge in [0.2, 0.25) is 0 Å². The Morgan fingerprint density at radius 1 is 1.07 bits per heavy atom. The van der Waals surface area contributed by atoms with Crippen molar-refractivity contribution < 1.29 is 0 Å². The number of aryl methyl sites for hydroxylation is 1. The molecule has 15 heavy (non-hydrogen) atoms. The normalized spacial score (nSPS) is 10.2. The minimum atomic E-state index is 0.586. The molecule has 0 saturated carbocycles. The largest absolute Gasteiger partial charge is 0.397 e. The van der Waals surface area contributed by atoms with Gasteiger partial charge >= 0.3 is 0 Å². The van der Waals surface area contributed by atoms with Crippen LogP contribution >= 0.6 is 0 Å². The van der Waals surface area contributed by atoms with E-state index in [4.69, 9.17) is 11.5 Å². The van der Waals surface area contributed by atoms with Gasteiger partial charge in [-0.1, -0.05) is 29.8 Å². The molecule has 1 aromatic heterocycles. The molecule has 0 aliphatic heterocycles. The van der Waals surface area contributed by atoms with E-state index < -0.39 is 0 Å². The van der Waals surface area contributed by atoms with Gasteiger partial charge in [0, 0.05) is 5.56 Å². The van der Waals surface area contributed by atoms with E-state index in [1.165, 1.54) is 5.56 Å². The predicted molar refractivity (Wildman–Crippen MR) is 63.2 cm³/mol. The van der Waals surface area contributed by atoms with E-state index >= 15 is 0 Å². The highest BCUT2D eigenvalue weighted by molar-refractivity contribution is 5.74. The van der Waals surface area contributed by atoms with E-state index in [0.29, 0.717) is 11.4 Å². The van der Waals surface area contributed by atoms with Gasteiger partial charge in [0.1, 0.15) is 0 Å². The summed E-state index contributed by atoms with van der Waals surface area (Å²) in [5, 5.41) is 0. The van der Waals surface area contributed by atoms with E-state index in [1.807, 2.05) is 31.2 Å². The monoisotopic (exact) mass is 199 g/mol. The average molecular weight is 199 g/mol. The standard InChI is InChI=1S/C12H13N3/c1-8-2-4-9(5-3-8)12-11(14)6-10(13)7-15-12/h2-7H,13-14H2,1H3. The van der Waals surface area contributed by atoms with Crippen LogP contribution in [0.2, 0.25) is 0 Å². The summed E-state index contributed by atoms with van der Waals surface area (Å²) >= 11 is 0. The molecular weight excluding hydrogens is 186 g/mol. The molecule has 0 atom stereocenters. The van der Waals surface area contributed by atoms with Crippen molar-refractivity contribution in [2.24, 2.45) is 0 Å². The van der Waals surface area contributed by atoms with E-state index in [1.54, 1.807) is 12.3 Å². The average Bonchev–Trinajstić information content (AvgIpc) is 2.20. The molecule has 1 aromatic carbocycles. The Morgan fingerprint density at radius 3 is 2.33 bits per heavy atom. The maximum Gasteiger partial charge on any atom is 0.0932 e. The van der Waals surface area contributed by atoms with Gasteiger partial charge in [-0.25, -0.2) is 0 Å². The topological polar surface area (TPSA) is 64.9 Å². The number of nitrogens with two attached hydrogens (primary N) is 2. The lowest BCUT2D eigenvalue weighted by Gasteiger charge is -2.05. The van der Waals surface area contributed by atoms with Crippen LogP contribution in [0.25, 0.3) is 11.3 Å². The number of rotatable bonds is 1. The smallest absolute Gasteiger partial charge is 0.0932 e. The Labute approximate surface area is 88.8 Å². The van der Waals surface area contributed by atoms with Crippen molar-refractivity contribution in [3.63, 3.8) is 0 Å². The summed E-state index contributed by atoms with van der Waals surface area (Å²) in [5.41, 5.74) is 15.6. The van der Waals surface area contributed by atoms with Crippen LogP contribution in [0.5, 0.6) is 0 Å². The highest BCUT2D eigenvalue weighted by atomic mass is 14.8. The zero-order chi connectivity index (χ0) is 10.8. The fourth-order valence-corrected chi connectivity index (χ4v) is 1.45. The van der Waals surface area contributed by atoms with E-state index in [-0.39, 0.29) is 0 Å². The molecule has 3 heteroatoms. The van der Waals surface area contributed by atoms with Crippen molar-refractivity contribution in [1.82, 2.24) is 4.98 Å². The summed E-state index contributed by atoms with van der Waals surface area (Å²) in [6.07, 6.45) is 1.62. The second-order valence-electron chi connectivity index (χ2n) is 3.57. The van der Waals surface area contributed by atoms with Gasteiger partial charge in [-0.05, 0) is 13.0 Å². The lowest BCUT2D eigenvalue weighted by Crippen LogP contribution is -1.96. The minimum Gasteiger partial charge on any atom is -0.397 e. The van der Waals surface area contributed by atoms with Crippen molar-refractivity contribution in [2.75, 3.05) is 11.5 Å². The van der Waals surface area contributed by atoms with Crippen molar-refractivity contribution in [2.45, 2.75) is 6.92 Å². The van der Waals surface area contributed by atoms with E-state index in [9.17, 15) is 0 Å². The van der Waals surface area contributed by atoms with Crippen LogP contribution in [-0.2, 0) is 0 Å². The maximum absolute atomic E-state index is 5.85. The van der Waals surface area contributed by atoms with Gasteiger partial charge in [0.15, 0.2) is 0 Å². The summed E-state index contributed by atoms with van der Waals surface area (Å²) in [7, 11) is 0. The van der Waals surface area contributed by atoms with Crippen LogP contribution in [0.3, 0.4) is 0 Å². The lowest BCUT2D eigenvalue weighted by molar-refractivity contribution is 1.33. The molecule has 0 saturated heterocycles. The quantitative estimate of drug-likeness (QED) is 0.740. The van der Waals surface area contributed by atoms with E-state index in [0.717, 1.165) is 11.3 Å². The number of anilines is 2. The SMILES string of the molecule is Cc1ccc(-c2ncc(N)cc2N)cc1. The van der Waals surface area contributed by atoms with Gasteiger partial charge in [0.05, 0.1) is 23.3 Å². The fourth-order valence-electron chi connectivity index (χ4n) is 1.45. The maximum atomic E-state index is 5.85. The number of hydrogen-bond donors (Lipinski definition) is 2. The molecule has 4 N–H and O–H groups in total. The molecule has 0 aliphatic carbocycles. The third-order valence-corrected chi connectivity index (χ3v) is 2.26. The number of benzene rings is 1. The molecule has 0 unspecified atom stereocenters. The Morgan fingerprint density at radius 2 is 1.73 bits per heavy atom. The highest BCUT2D eigenvalue weighted by Gasteiger charge is 2.03. The van der Waals surface area contributed by atoms with Crippen molar-refractivity contribution in [3.8, 4) is 11.3 Å². The van der Waals surface area contributed by atoms with Crippen LogP contribution in [0.15, 0.2) is 36.5 Å². The molecular formula is C12H13N3. The van der Waals surface area contributed by atoms with Gasteiger partial charge in [0.25, 0.3) is 0 Å². The fraction of sp³-hybridized carbons (Fsp3) is 0.0833. The van der Waals surface area contributed by atoms with Crippen LogP contribution in [0, 0.1) is 6.92 Å². The number of pyridine rings is 1. The third kappa shape index (κ3) is 1.91. The van der Waals surface area contributed by atoms with E-state index in [2.05, 4.69) is 4.98 Å². The summed E-state index contributed by atoms with van der Waals surface area (Å²) in [5.74, 6) is 0. The van der Waals surface area contributed by atoms with Gasteiger partial charge < -0.3 is 11.5 Å². The molecule has 0 bridgehead atoms. The van der Waals surface area contributed by atoms with Gasteiger partial charge in [-0.15, -0.1) is 0 Å². The molecule has 0 radical (unpaired) electrons. The Bertz CT molecular complexity index is 475. The van der Waals surface area contributed by atoms with Crippen LogP contribution in [0.1, 0.15) is 5.56 Å². The van der Waals surface area contributed by atoms with Crippen molar-refractivity contribution >= 4 is 11.4 Å². The Balaban J connectivity index is 2.49. The summed E-state index contributed by atoms with van der Waals surface area (Å²) in [6, 6.07) is 9.80. The predicted octanol–water partition coefficient (Wildman–Crippen LogP) is 2.22. The molecule has 2 rings (SSSR count). The number of aromatic nitrogens is 1. The Hall–Kier alpha value is -2.03. The molecule has 0 aliphatic rings. The summed E-state index contributed by atoms with van der Waals surface area (Å²) in [4.78, 5) is 4.23. The molecule has 1 heterocycles. The Kier molecular flexibility index (Phi) is 2.29. The van der Waals surface area contributed by atoms with Crippen LogP contribution < -0.4 is 11.5 Å². The minimum absolute atomic E-state index is 0.586. The van der Waals surface area contributed by atoms with Crippen molar-refractivity contribution in [1.29, 1.82) is 0 Å². The van der Waals surface area contributed by atoms with Gasteiger partial charge in [-0.3, -0.25) is 4.98 Å². The zero-order valence-electron chi connectivity index (χ0n) is 8.57. The first-order chi connectivity index (χ1) is 7.16. The molecule has 0 fully saturated rings. The first kappa shape index (κ1) is 9.52. The summed E-state index contributed by atoms with van der Waals surface area (Å²) in [6.45, 7) is 2.05. The molecule has 0 amide bonds. The van der Waals surface area contributed by atoms with Gasteiger partial charge in [-0.2, -0.15) is 0 Å². The van der Waals surface area contributed by atoms with Crippen LogP contribution in [-0.4, -0.2) is 4.98 Å². The lowest BCUT2D eigenvalue weighted by atomic mass is 10.1. The number of nitrogens with zero attached hydrogens (tertiary/aromatic N) is 1. The second kappa shape index (κ2) is 3.61. The molecule has 76 valence electrons. The zero-order valence-corrected chi connectivity index (χ0v) is 8.57. The first-order valence-corrected chi connectivity index (χ1v) is 4.75. The number of nitrogen functional groups attached to an aromatic ring is 2.